The lowest BCUT2D eigenvalue weighted by molar-refractivity contribution is 0.342. The standard InChI is InChI=1S/C6H8BrCl2O3P/c7-5(1-3-8)6(2-4-9)12-13(10)11/h1-4H2/p+1. The molecule has 0 aliphatic heterocycles. The maximum Gasteiger partial charge on any atom is 0.747 e. The van der Waals surface area contributed by atoms with Crippen LogP contribution in [0.4, 0.5) is 0 Å². The summed E-state index contributed by atoms with van der Waals surface area (Å²) in [6, 6.07) is 0. The minimum atomic E-state index is -2.63. The summed E-state index contributed by atoms with van der Waals surface area (Å²) in [4.78, 5) is 8.52. The molecule has 7 heteroatoms. The molecule has 0 rings (SSSR count). The molecular formula is C6H9BrCl2O3P+. The van der Waals surface area contributed by atoms with Crippen LogP contribution >= 0.6 is 47.4 Å². The number of hydrogen-bond donors (Lipinski definition) is 1. The van der Waals surface area contributed by atoms with Gasteiger partial charge in [0.15, 0.2) is 5.76 Å². The quantitative estimate of drug-likeness (QED) is 0.464. The molecular weight excluding hydrogens is 302 g/mol. The van der Waals surface area contributed by atoms with Gasteiger partial charge < -0.3 is 0 Å². The average molecular weight is 311 g/mol. The van der Waals surface area contributed by atoms with E-state index in [9.17, 15) is 4.57 Å². The highest BCUT2D eigenvalue weighted by molar-refractivity contribution is 9.11. The van der Waals surface area contributed by atoms with E-state index in [4.69, 9.17) is 28.1 Å². The van der Waals surface area contributed by atoms with Crippen molar-refractivity contribution in [2.24, 2.45) is 0 Å². The molecule has 1 N–H and O–H groups in total. The number of rotatable bonds is 6. The number of alkyl halides is 2. The third-order valence-electron chi connectivity index (χ3n) is 1.13. The molecule has 0 bridgehead atoms. The van der Waals surface area contributed by atoms with Crippen LogP contribution in [0.15, 0.2) is 10.2 Å². The van der Waals surface area contributed by atoms with Gasteiger partial charge in [-0.25, -0.2) is 4.52 Å². The minimum absolute atomic E-state index is 0.329. The van der Waals surface area contributed by atoms with Crippen molar-refractivity contribution in [1.82, 2.24) is 0 Å². The summed E-state index contributed by atoms with van der Waals surface area (Å²) in [5.41, 5.74) is 0. The first-order chi connectivity index (χ1) is 6.11. The third-order valence-corrected chi connectivity index (χ3v) is 2.72. The van der Waals surface area contributed by atoms with Crippen molar-refractivity contribution >= 4 is 47.4 Å². The summed E-state index contributed by atoms with van der Waals surface area (Å²) in [5, 5.41) is 0. The largest absolute Gasteiger partial charge is 0.747 e. The van der Waals surface area contributed by atoms with Crippen LogP contribution in [0.2, 0.25) is 0 Å². The van der Waals surface area contributed by atoms with E-state index in [0.29, 0.717) is 34.8 Å². The third kappa shape index (κ3) is 6.69. The molecule has 0 radical (unpaired) electrons. The van der Waals surface area contributed by atoms with Gasteiger partial charge in [-0.15, -0.1) is 28.1 Å². The van der Waals surface area contributed by atoms with E-state index < -0.39 is 8.25 Å². The smallest absolute Gasteiger partial charge is 0.233 e. The van der Waals surface area contributed by atoms with Crippen LogP contribution in [0.5, 0.6) is 0 Å². The monoisotopic (exact) mass is 309 g/mol. The highest BCUT2D eigenvalue weighted by Gasteiger charge is 2.19. The van der Waals surface area contributed by atoms with Gasteiger partial charge in [-0.1, -0.05) is 15.9 Å². The van der Waals surface area contributed by atoms with Gasteiger partial charge in [0, 0.05) is 27.2 Å². The van der Waals surface area contributed by atoms with E-state index in [-0.39, 0.29) is 0 Å². The SMILES string of the molecule is O=[P+](O)OC(CCCl)=C(Br)CCCl. The number of halogens is 3. The van der Waals surface area contributed by atoms with E-state index in [2.05, 4.69) is 20.5 Å². The maximum atomic E-state index is 10.4. The first-order valence-electron chi connectivity index (χ1n) is 3.45. The molecule has 13 heavy (non-hydrogen) atoms. The summed E-state index contributed by atoms with van der Waals surface area (Å²) in [7, 11) is -2.63. The Morgan fingerprint density at radius 1 is 1.38 bits per heavy atom. The van der Waals surface area contributed by atoms with Crippen LogP contribution in [0.1, 0.15) is 12.8 Å². The number of allylic oxidation sites excluding steroid dienone is 2. The fraction of sp³-hybridized carbons (Fsp3) is 0.667. The lowest BCUT2D eigenvalue weighted by Gasteiger charge is -2.00. The van der Waals surface area contributed by atoms with Crippen molar-refractivity contribution in [2.45, 2.75) is 12.8 Å². The Morgan fingerprint density at radius 2 is 1.92 bits per heavy atom. The first kappa shape index (κ1) is 13.7. The molecule has 0 aromatic heterocycles. The van der Waals surface area contributed by atoms with Crippen LogP contribution < -0.4 is 0 Å². The Morgan fingerprint density at radius 3 is 2.31 bits per heavy atom. The summed E-state index contributed by atoms with van der Waals surface area (Å²) >= 11 is 14.2. The van der Waals surface area contributed by atoms with Gasteiger partial charge in [0.05, 0.1) is 0 Å². The van der Waals surface area contributed by atoms with Crippen molar-refractivity contribution in [2.75, 3.05) is 11.8 Å². The molecule has 76 valence electrons. The highest BCUT2D eigenvalue weighted by Crippen LogP contribution is 2.29. The van der Waals surface area contributed by atoms with Gasteiger partial charge in [0.2, 0.25) is 0 Å². The Balaban J connectivity index is 4.35. The van der Waals surface area contributed by atoms with Crippen molar-refractivity contribution in [3.63, 3.8) is 0 Å². The second-order valence-corrected chi connectivity index (χ2v) is 4.41. The minimum Gasteiger partial charge on any atom is -0.233 e. The molecule has 0 amide bonds. The molecule has 0 heterocycles. The van der Waals surface area contributed by atoms with Gasteiger partial charge in [-0.3, -0.25) is 0 Å². The predicted octanol–water partition coefficient (Wildman–Crippen LogP) is 3.52. The van der Waals surface area contributed by atoms with E-state index >= 15 is 0 Å². The van der Waals surface area contributed by atoms with Crippen molar-refractivity contribution in [1.29, 1.82) is 0 Å². The van der Waals surface area contributed by atoms with Crippen molar-refractivity contribution in [3.8, 4) is 0 Å². The molecule has 0 aromatic carbocycles. The highest BCUT2D eigenvalue weighted by atomic mass is 79.9. The molecule has 3 nitrogen and oxygen atoms in total. The van der Waals surface area contributed by atoms with Crippen LogP contribution in [0.25, 0.3) is 0 Å². The Labute approximate surface area is 96.1 Å². The zero-order chi connectivity index (χ0) is 10.3. The van der Waals surface area contributed by atoms with Gasteiger partial charge in [0.1, 0.15) is 0 Å². The molecule has 0 saturated heterocycles. The lowest BCUT2D eigenvalue weighted by atomic mass is 10.3. The van der Waals surface area contributed by atoms with Gasteiger partial charge >= 0.3 is 8.25 Å². The molecule has 0 saturated carbocycles. The van der Waals surface area contributed by atoms with Crippen LogP contribution in [0, 0.1) is 0 Å². The molecule has 0 aliphatic carbocycles. The van der Waals surface area contributed by atoms with E-state index in [1.54, 1.807) is 0 Å². The zero-order valence-corrected chi connectivity index (χ0v) is 10.7. The van der Waals surface area contributed by atoms with E-state index in [1.165, 1.54) is 0 Å². The van der Waals surface area contributed by atoms with Crippen molar-refractivity contribution < 1.29 is 14.0 Å². The lowest BCUT2D eigenvalue weighted by Crippen LogP contribution is -1.91. The maximum absolute atomic E-state index is 10.4. The average Bonchev–Trinajstić information content (AvgIpc) is 2.03. The van der Waals surface area contributed by atoms with Crippen LogP contribution in [-0.4, -0.2) is 16.7 Å². The van der Waals surface area contributed by atoms with Crippen LogP contribution in [0.3, 0.4) is 0 Å². The van der Waals surface area contributed by atoms with Gasteiger partial charge in [0.25, 0.3) is 0 Å². The summed E-state index contributed by atoms with van der Waals surface area (Å²) < 4.78 is 15.7. The topological polar surface area (TPSA) is 46.5 Å². The molecule has 0 aromatic rings. The molecule has 0 fully saturated rings. The zero-order valence-electron chi connectivity index (χ0n) is 6.67. The fourth-order valence-corrected chi connectivity index (χ4v) is 2.21. The fourth-order valence-electron chi connectivity index (χ4n) is 0.633. The van der Waals surface area contributed by atoms with E-state index in [1.807, 2.05) is 0 Å². The first-order valence-corrected chi connectivity index (χ1v) is 6.44. The van der Waals surface area contributed by atoms with Crippen molar-refractivity contribution in [3.05, 3.63) is 10.2 Å². The van der Waals surface area contributed by atoms with Gasteiger partial charge in [-0.2, -0.15) is 0 Å². The Kier molecular flexibility index (Phi) is 8.42. The Bertz CT molecular complexity index is 210. The second-order valence-electron chi connectivity index (χ2n) is 2.04. The summed E-state index contributed by atoms with van der Waals surface area (Å²) in [6.45, 7) is 0. The van der Waals surface area contributed by atoms with E-state index in [0.717, 1.165) is 0 Å². The van der Waals surface area contributed by atoms with Crippen LogP contribution in [-0.2, 0) is 9.09 Å². The molecule has 1 atom stereocenters. The molecule has 0 aliphatic rings. The second kappa shape index (κ2) is 8.01. The predicted molar refractivity (Wildman–Crippen MR) is 57.5 cm³/mol. The summed E-state index contributed by atoms with van der Waals surface area (Å²) in [6.07, 6.45) is 0.956. The normalized spacial score (nSPS) is 13.7. The molecule has 0 spiro atoms. The molecule has 1 unspecified atom stereocenters. The Hall–Kier alpha value is 0.660. The van der Waals surface area contributed by atoms with Gasteiger partial charge in [-0.05, 0) is 6.42 Å². The number of hydrogen-bond acceptors (Lipinski definition) is 2. The summed E-state index contributed by atoms with van der Waals surface area (Å²) in [5.74, 6) is 1.13.